The van der Waals surface area contributed by atoms with Crippen LogP contribution in [0.1, 0.15) is 37.3 Å². The molecule has 0 unspecified atom stereocenters. The first kappa shape index (κ1) is 16.7. The van der Waals surface area contributed by atoms with Crippen LogP contribution in [0.3, 0.4) is 0 Å². The summed E-state index contributed by atoms with van der Waals surface area (Å²) in [4.78, 5) is 14.5. The van der Waals surface area contributed by atoms with E-state index in [9.17, 15) is 4.79 Å². The maximum atomic E-state index is 12.6. The van der Waals surface area contributed by atoms with Gasteiger partial charge in [0.05, 0.1) is 16.1 Å². The van der Waals surface area contributed by atoms with Crippen LogP contribution in [-0.4, -0.2) is 43.9 Å². The summed E-state index contributed by atoms with van der Waals surface area (Å²) in [5.41, 5.74) is 3.15. The number of amides is 1. The number of benzene rings is 1. The van der Waals surface area contributed by atoms with Crippen LogP contribution >= 0.6 is 11.6 Å². The molecule has 1 aromatic carbocycles. The van der Waals surface area contributed by atoms with Crippen molar-refractivity contribution < 1.29 is 4.79 Å². The first-order chi connectivity index (χ1) is 13.2. The lowest BCUT2D eigenvalue weighted by molar-refractivity contribution is -0.130. The van der Waals surface area contributed by atoms with E-state index in [0.717, 1.165) is 55.4 Å². The molecule has 27 heavy (non-hydrogen) atoms. The molecule has 0 N–H and O–H groups in total. The van der Waals surface area contributed by atoms with Crippen molar-refractivity contribution in [1.29, 1.82) is 0 Å². The lowest BCUT2D eigenvalue weighted by Gasteiger charge is -2.15. The number of nitrogens with zero attached hydrogens (tertiary/aromatic N) is 5. The average molecular weight is 382 g/mol. The molecule has 1 aliphatic heterocycles. The Labute approximate surface area is 162 Å². The van der Waals surface area contributed by atoms with Crippen molar-refractivity contribution in [2.75, 3.05) is 13.1 Å². The van der Waals surface area contributed by atoms with Gasteiger partial charge in [0.2, 0.25) is 5.91 Å². The van der Waals surface area contributed by atoms with Gasteiger partial charge in [-0.2, -0.15) is 5.10 Å². The molecule has 1 aliphatic carbocycles. The van der Waals surface area contributed by atoms with E-state index in [1.165, 1.54) is 0 Å². The molecular formula is C20H20ClN5O. The zero-order valence-electron chi connectivity index (χ0n) is 14.9. The molecule has 7 heteroatoms. The van der Waals surface area contributed by atoms with Crippen LogP contribution in [0.4, 0.5) is 0 Å². The van der Waals surface area contributed by atoms with E-state index in [0.29, 0.717) is 22.3 Å². The minimum atomic E-state index is 0.0873. The van der Waals surface area contributed by atoms with Gasteiger partial charge in [0.1, 0.15) is 12.2 Å². The van der Waals surface area contributed by atoms with E-state index in [-0.39, 0.29) is 12.5 Å². The normalized spacial score (nSPS) is 17.0. The summed E-state index contributed by atoms with van der Waals surface area (Å²) in [5, 5.41) is 15.0. The molecule has 3 aromatic rings. The standard InChI is InChI=1S/C20H20ClN5O/c21-17-16-18(14-8-9-14)24-26(12-15(27)25-10-4-5-11-25)20(16)23-22-19(17)13-6-2-1-3-7-13/h1-3,6-7,14H,4-5,8-12H2. The van der Waals surface area contributed by atoms with Crippen molar-refractivity contribution in [2.24, 2.45) is 0 Å². The topological polar surface area (TPSA) is 63.9 Å². The van der Waals surface area contributed by atoms with Crippen molar-refractivity contribution >= 4 is 28.5 Å². The van der Waals surface area contributed by atoms with E-state index >= 15 is 0 Å². The number of rotatable bonds is 4. The van der Waals surface area contributed by atoms with Gasteiger partial charge < -0.3 is 4.90 Å². The van der Waals surface area contributed by atoms with Gasteiger partial charge in [0, 0.05) is 24.6 Å². The Morgan fingerprint density at radius 1 is 1.11 bits per heavy atom. The number of carbonyl (C=O) groups is 1. The fraction of sp³-hybridized carbons (Fsp3) is 0.400. The summed E-state index contributed by atoms with van der Waals surface area (Å²) in [6, 6.07) is 9.82. The minimum absolute atomic E-state index is 0.0873. The summed E-state index contributed by atoms with van der Waals surface area (Å²) in [7, 11) is 0. The predicted octanol–water partition coefficient (Wildman–Crippen LogP) is 3.65. The number of hydrogen-bond acceptors (Lipinski definition) is 4. The van der Waals surface area contributed by atoms with Gasteiger partial charge in [-0.25, -0.2) is 4.68 Å². The zero-order valence-corrected chi connectivity index (χ0v) is 15.7. The van der Waals surface area contributed by atoms with E-state index in [2.05, 4.69) is 10.2 Å². The Morgan fingerprint density at radius 2 is 1.85 bits per heavy atom. The van der Waals surface area contributed by atoms with Gasteiger partial charge in [-0.15, -0.1) is 10.2 Å². The highest BCUT2D eigenvalue weighted by atomic mass is 35.5. The van der Waals surface area contributed by atoms with Gasteiger partial charge in [0.15, 0.2) is 5.65 Å². The largest absolute Gasteiger partial charge is 0.341 e. The molecule has 0 spiro atoms. The smallest absolute Gasteiger partial charge is 0.244 e. The quantitative estimate of drug-likeness (QED) is 0.692. The van der Waals surface area contributed by atoms with Crippen LogP contribution in [0.5, 0.6) is 0 Å². The molecule has 0 radical (unpaired) electrons. The van der Waals surface area contributed by atoms with Crippen molar-refractivity contribution in [1.82, 2.24) is 24.9 Å². The predicted molar refractivity (Wildman–Crippen MR) is 104 cm³/mol. The Morgan fingerprint density at radius 3 is 2.56 bits per heavy atom. The summed E-state index contributed by atoms with van der Waals surface area (Å²) in [6.07, 6.45) is 4.35. The third-order valence-electron chi connectivity index (χ3n) is 5.38. The zero-order chi connectivity index (χ0) is 18.4. The number of carbonyl (C=O) groups excluding carboxylic acids is 1. The highest BCUT2D eigenvalue weighted by Crippen LogP contribution is 2.45. The van der Waals surface area contributed by atoms with Crippen molar-refractivity contribution in [2.45, 2.75) is 38.1 Å². The maximum Gasteiger partial charge on any atom is 0.244 e. The molecule has 2 aromatic heterocycles. The van der Waals surface area contributed by atoms with Crippen molar-refractivity contribution in [3.63, 3.8) is 0 Å². The van der Waals surface area contributed by atoms with Crippen LogP contribution in [-0.2, 0) is 11.3 Å². The Hall–Kier alpha value is -2.47. The maximum absolute atomic E-state index is 12.6. The molecule has 0 bridgehead atoms. The first-order valence-corrected chi connectivity index (χ1v) is 9.86. The van der Waals surface area contributed by atoms with Crippen LogP contribution in [0.2, 0.25) is 5.02 Å². The Kier molecular flexibility index (Phi) is 4.08. The fourth-order valence-electron chi connectivity index (χ4n) is 3.77. The molecule has 1 amide bonds. The highest BCUT2D eigenvalue weighted by Gasteiger charge is 2.32. The summed E-state index contributed by atoms with van der Waals surface area (Å²) < 4.78 is 1.69. The summed E-state index contributed by atoms with van der Waals surface area (Å²) >= 11 is 6.78. The molecule has 3 heterocycles. The molecule has 2 fully saturated rings. The monoisotopic (exact) mass is 381 g/mol. The van der Waals surface area contributed by atoms with Gasteiger partial charge in [0.25, 0.3) is 0 Å². The molecule has 5 rings (SSSR count). The minimum Gasteiger partial charge on any atom is -0.341 e. The third kappa shape index (κ3) is 2.98. The van der Waals surface area contributed by atoms with Crippen molar-refractivity contribution in [3.8, 4) is 11.3 Å². The summed E-state index contributed by atoms with van der Waals surface area (Å²) in [5.74, 6) is 0.491. The Balaban J connectivity index is 1.59. The lowest BCUT2D eigenvalue weighted by atomic mass is 10.1. The van der Waals surface area contributed by atoms with Gasteiger partial charge in [-0.05, 0) is 25.7 Å². The molecular weight excluding hydrogens is 362 g/mol. The number of hydrogen-bond donors (Lipinski definition) is 0. The van der Waals surface area contributed by atoms with E-state index in [4.69, 9.17) is 16.7 Å². The molecule has 1 saturated carbocycles. The Bertz CT molecular complexity index is 1010. The summed E-state index contributed by atoms with van der Waals surface area (Å²) in [6.45, 7) is 1.86. The van der Waals surface area contributed by atoms with Gasteiger partial charge >= 0.3 is 0 Å². The number of fused-ring (bicyclic) bond motifs is 1. The van der Waals surface area contributed by atoms with Crippen molar-refractivity contribution in [3.05, 3.63) is 41.0 Å². The number of aromatic nitrogens is 4. The van der Waals surface area contributed by atoms with Crippen LogP contribution < -0.4 is 0 Å². The van der Waals surface area contributed by atoms with Crippen LogP contribution in [0, 0.1) is 0 Å². The molecule has 1 saturated heterocycles. The third-order valence-corrected chi connectivity index (χ3v) is 5.75. The fourth-order valence-corrected chi connectivity index (χ4v) is 4.10. The van der Waals surface area contributed by atoms with Crippen LogP contribution in [0.25, 0.3) is 22.3 Å². The van der Waals surface area contributed by atoms with Crippen LogP contribution in [0.15, 0.2) is 30.3 Å². The highest BCUT2D eigenvalue weighted by molar-refractivity contribution is 6.37. The second-order valence-electron chi connectivity index (χ2n) is 7.33. The molecule has 2 aliphatic rings. The second-order valence-corrected chi connectivity index (χ2v) is 7.71. The number of halogens is 1. The SMILES string of the molecule is O=C(Cn1nc(C2CC2)c2c(Cl)c(-c3ccccc3)nnc21)N1CCCC1. The number of likely N-dealkylation sites (tertiary alicyclic amines) is 1. The second kappa shape index (κ2) is 6.60. The van der Waals surface area contributed by atoms with Gasteiger partial charge in [-0.3, -0.25) is 4.79 Å². The molecule has 0 atom stereocenters. The average Bonchev–Trinajstić information content (AvgIpc) is 3.25. The lowest BCUT2D eigenvalue weighted by Crippen LogP contribution is -2.31. The van der Waals surface area contributed by atoms with E-state index in [1.54, 1.807) is 4.68 Å². The first-order valence-electron chi connectivity index (χ1n) is 9.48. The molecule has 6 nitrogen and oxygen atoms in total. The van der Waals surface area contributed by atoms with E-state index in [1.807, 2.05) is 35.2 Å². The van der Waals surface area contributed by atoms with E-state index < -0.39 is 0 Å². The van der Waals surface area contributed by atoms with Gasteiger partial charge in [-0.1, -0.05) is 41.9 Å². The molecule has 138 valence electrons.